The van der Waals surface area contributed by atoms with E-state index in [1.807, 2.05) is 18.2 Å². The molecule has 1 aromatic carbocycles. The molecular weight excluding hydrogens is 250 g/mol. The third-order valence-electron chi connectivity index (χ3n) is 3.27. The second-order valence-corrected chi connectivity index (χ2v) is 6.92. The molecule has 90 valence electrons. The summed E-state index contributed by atoms with van der Waals surface area (Å²) in [4.78, 5) is 4.58. The second kappa shape index (κ2) is 4.59. The number of hydrogen-bond acceptors (Lipinski definition) is 4. The molecule has 1 aromatic heterocycles. The summed E-state index contributed by atoms with van der Waals surface area (Å²) >= 11 is 3.42. The van der Waals surface area contributed by atoms with Crippen molar-refractivity contribution in [3.63, 3.8) is 0 Å². The van der Waals surface area contributed by atoms with Gasteiger partial charge in [-0.05, 0) is 25.0 Å². The standard InChI is InChI=1S/C13H15NOS2/c15-13(7-3-4-8-13)9-16-12-14-10-5-1-2-6-11(10)17-12/h1-2,5-6,15H,3-4,7-9H2. The zero-order valence-electron chi connectivity index (χ0n) is 9.56. The first-order valence-electron chi connectivity index (χ1n) is 5.96. The highest BCUT2D eigenvalue weighted by Gasteiger charge is 2.31. The maximum absolute atomic E-state index is 10.3. The lowest BCUT2D eigenvalue weighted by molar-refractivity contribution is 0.0732. The molecule has 4 heteroatoms. The lowest BCUT2D eigenvalue weighted by Gasteiger charge is -2.20. The van der Waals surface area contributed by atoms with Crippen LogP contribution >= 0.6 is 23.1 Å². The highest BCUT2D eigenvalue weighted by molar-refractivity contribution is 8.01. The van der Waals surface area contributed by atoms with Crippen LogP contribution in [-0.2, 0) is 0 Å². The summed E-state index contributed by atoms with van der Waals surface area (Å²) in [5, 5.41) is 10.3. The second-order valence-electron chi connectivity index (χ2n) is 4.67. The Morgan fingerprint density at radius 1 is 1.29 bits per heavy atom. The van der Waals surface area contributed by atoms with Crippen LogP contribution in [0.2, 0.25) is 0 Å². The van der Waals surface area contributed by atoms with Gasteiger partial charge in [-0.1, -0.05) is 36.7 Å². The van der Waals surface area contributed by atoms with Crippen molar-refractivity contribution in [3.05, 3.63) is 24.3 Å². The first kappa shape index (κ1) is 11.5. The zero-order valence-corrected chi connectivity index (χ0v) is 11.2. The molecule has 1 fully saturated rings. The fourth-order valence-corrected chi connectivity index (χ4v) is 4.51. The number of nitrogens with zero attached hydrogens (tertiary/aromatic N) is 1. The SMILES string of the molecule is OC1(CSc2nc3ccccc3s2)CCCC1. The Balaban J connectivity index is 1.72. The summed E-state index contributed by atoms with van der Waals surface area (Å²) in [6, 6.07) is 8.20. The van der Waals surface area contributed by atoms with Gasteiger partial charge in [-0.15, -0.1) is 11.3 Å². The van der Waals surface area contributed by atoms with Crippen molar-refractivity contribution in [3.8, 4) is 0 Å². The molecule has 0 radical (unpaired) electrons. The summed E-state index contributed by atoms with van der Waals surface area (Å²) in [6.07, 6.45) is 4.23. The van der Waals surface area contributed by atoms with Crippen LogP contribution in [0.5, 0.6) is 0 Å². The maximum Gasteiger partial charge on any atom is 0.151 e. The average Bonchev–Trinajstić information content (AvgIpc) is 2.93. The van der Waals surface area contributed by atoms with Crippen molar-refractivity contribution in [2.45, 2.75) is 35.6 Å². The van der Waals surface area contributed by atoms with Gasteiger partial charge in [0.2, 0.25) is 0 Å². The van der Waals surface area contributed by atoms with Crippen molar-refractivity contribution in [2.75, 3.05) is 5.75 Å². The Morgan fingerprint density at radius 3 is 2.82 bits per heavy atom. The number of thioether (sulfide) groups is 1. The summed E-state index contributed by atoms with van der Waals surface area (Å²) < 4.78 is 2.31. The minimum absolute atomic E-state index is 0.442. The van der Waals surface area contributed by atoms with E-state index in [-0.39, 0.29) is 0 Å². The number of benzene rings is 1. The maximum atomic E-state index is 10.3. The molecule has 3 rings (SSSR count). The molecule has 1 saturated carbocycles. The molecule has 1 aliphatic rings. The number of hydrogen-bond donors (Lipinski definition) is 1. The van der Waals surface area contributed by atoms with E-state index in [2.05, 4.69) is 11.1 Å². The number of fused-ring (bicyclic) bond motifs is 1. The van der Waals surface area contributed by atoms with Gasteiger partial charge in [-0.2, -0.15) is 0 Å². The van der Waals surface area contributed by atoms with Gasteiger partial charge in [-0.25, -0.2) is 4.98 Å². The fourth-order valence-electron chi connectivity index (χ4n) is 2.29. The zero-order chi connectivity index (χ0) is 11.7. The molecule has 2 nitrogen and oxygen atoms in total. The van der Waals surface area contributed by atoms with E-state index in [0.717, 1.165) is 41.3 Å². The topological polar surface area (TPSA) is 33.1 Å². The summed E-state index contributed by atoms with van der Waals surface area (Å²) in [5.41, 5.74) is 0.626. The van der Waals surface area contributed by atoms with Crippen LogP contribution in [0.4, 0.5) is 0 Å². The highest BCUT2D eigenvalue weighted by atomic mass is 32.2. The van der Waals surface area contributed by atoms with Crippen molar-refractivity contribution in [1.29, 1.82) is 0 Å². The minimum Gasteiger partial charge on any atom is -0.389 e. The Kier molecular flexibility index (Phi) is 3.11. The van der Waals surface area contributed by atoms with E-state index in [1.165, 1.54) is 4.70 Å². The van der Waals surface area contributed by atoms with Crippen LogP contribution in [0.1, 0.15) is 25.7 Å². The van der Waals surface area contributed by atoms with Crippen LogP contribution < -0.4 is 0 Å². The van der Waals surface area contributed by atoms with Gasteiger partial charge in [0.25, 0.3) is 0 Å². The molecule has 0 aliphatic heterocycles. The number of rotatable bonds is 3. The highest BCUT2D eigenvalue weighted by Crippen LogP contribution is 2.37. The molecular formula is C13H15NOS2. The Bertz CT molecular complexity index is 484. The molecule has 2 aromatic rings. The van der Waals surface area contributed by atoms with Gasteiger partial charge in [0.1, 0.15) is 0 Å². The number of thiazole rings is 1. The van der Waals surface area contributed by atoms with Crippen LogP contribution in [-0.4, -0.2) is 21.4 Å². The van der Waals surface area contributed by atoms with E-state index < -0.39 is 5.60 Å². The number of aromatic nitrogens is 1. The number of para-hydroxylation sites is 1. The predicted octanol–water partition coefficient (Wildman–Crippen LogP) is 3.69. The van der Waals surface area contributed by atoms with Crippen molar-refractivity contribution in [2.24, 2.45) is 0 Å². The third kappa shape index (κ3) is 2.49. The first-order valence-corrected chi connectivity index (χ1v) is 7.76. The molecule has 1 aliphatic carbocycles. The van der Waals surface area contributed by atoms with Gasteiger partial charge < -0.3 is 5.11 Å². The van der Waals surface area contributed by atoms with E-state index >= 15 is 0 Å². The molecule has 1 heterocycles. The van der Waals surface area contributed by atoms with Gasteiger partial charge >= 0.3 is 0 Å². The largest absolute Gasteiger partial charge is 0.389 e. The molecule has 1 N–H and O–H groups in total. The molecule has 0 unspecified atom stereocenters. The molecule has 0 bridgehead atoms. The normalized spacial score (nSPS) is 18.9. The van der Waals surface area contributed by atoms with Gasteiger partial charge in [0.05, 0.1) is 15.8 Å². The quantitative estimate of drug-likeness (QED) is 0.859. The smallest absolute Gasteiger partial charge is 0.151 e. The molecule has 0 saturated heterocycles. The van der Waals surface area contributed by atoms with E-state index in [1.54, 1.807) is 23.1 Å². The van der Waals surface area contributed by atoms with Crippen LogP contribution in [0, 0.1) is 0 Å². The molecule has 17 heavy (non-hydrogen) atoms. The van der Waals surface area contributed by atoms with Crippen molar-refractivity contribution < 1.29 is 5.11 Å². The first-order chi connectivity index (χ1) is 8.25. The monoisotopic (exact) mass is 265 g/mol. The summed E-state index contributed by atoms with van der Waals surface area (Å²) in [5.74, 6) is 0.785. The average molecular weight is 265 g/mol. The molecule has 0 atom stereocenters. The lowest BCUT2D eigenvalue weighted by atomic mass is 10.1. The minimum atomic E-state index is -0.442. The Labute approximate surface area is 109 Å². The van der Waals surface area contributed by atoms with Gasteiger partial charge in [0.15, 0.2) is 4.34 Å². The van der Waals surface area contributed by atoms with Crippen LogP contribution in [0.25, 0.3) is 10.2 Å². The van der Waals surface area contributed by atoms with Crippen LogP contribution in [0.3, 0.4) is 0 Å². The number of aliphatic hydroxyl groups is 1. The van der Waals surface area contributed by atoms with Crippen molar-refractivity contribution >= 4 is 33.3 Å². The fraction of sp³-hybridized carbons (Fsp3) is 0.462. The van der Waals surface area contributed by atoms with Crippen molar-refractivity contribution in [1.82, 2.24) is 4.98 Å². The van der Waals surface area contributed by atoms with Gasteiger partial charge in [-0.3, -0.25) is 0 Å². The third-order valence-corrected chi connectivity index (χ3v) is 5.73. The lowest BCUT2D eigenvalue weighted by Crippen LogP contribution is -2.26. The van der Waals surface area contributed by atoms with Gasteiger partial charge in [0, 0.05) is 5.75 Å². The summed E-state index contributed by atoms with van der Waals surface area (Å²) in [7, 11) is 0. The Hall–Kier alpha value is -0.580. The molecule has 0 spiro atoms. The molecule has 0 amide bonds. The predicted molar refractivity (Wildman–Crippen MR) is 73.8 cm³/mol. The van der Waals surface area contributed by atoms with Crippen LogP contribution in [0.15, 0.2) is 28.6 Å². The summed E-state index contributed by atoms with van der Waals surface area (Å²) in [6.45, 7) is 0. The van der Waals surface area contributed by atoms with E-state index in [9.17, 15) is 5.11 Å². The Morgan fingerprint density at radius 2 is 2.06 bits per heavy atom. The van der Waals surface area contributed by atoms with E-state index in [0.29, 0.717) is 0 Å². The van der Waals surface area contributed by atoms with E-state index in [4.69, 9.17) is 0 Å².